The Morgan fingerprint density at radius 2 is 0.660 bits per heavy atom. The quantitative estimate of drug-likeness (QED) is 0.167. The first-order valence-electron chi connectivity index (χ1n) is 18.1. The predicted molar refractivity (Wildman–Crippen MR) is 224 cm³/mol. The van der Waals surface area contributed by atoms with Gasteiger partial charge in [-0.05, 0) is 115 Å². The molecule has 0 aliphatic heterocycles. The number of nitrogens with zero attached hydrogens (tertiary/aromatic N) is 2. The molecule has 0 unspecified atom stereocenters. The van der Waals surface area contributed by atoms with Crippen molar-refractivity contribution in [3.05, 3.63) is 205 Å². The van der Waals surface area contributed by atoms with Crippen molar-refractivity contribution < 1.29 is 0 Å². The van der Waals surface area contributed by atoms with E-state index in [9.17, 15) is 0 Å². The summed E-state index contributed by atoms with van der Waals surface area (Å²) < 4.78 is 4.69. The largest absolute Gasteiger partial charge is 0.356 e. The lowest BCUT2D eigenvalue weighted by Crippen LogP contribution is -1.95. The number of nitrogens with one attached hydrogen (secondary N) is 2. The van der Waals surface area contributed by atoms with Crippen molar-refractivity contribution >= 4 is 66.4 Å². The number of fused-ring (bicyclic) bond motifs is 6. The van der Waals surface area contributed by atoms with Gasteiger partial charge in [-0.25, -0.2) is 0 Å². The maximum absolute atomic E-state index is 3.64. The molecule has 10 rings (SSSR count). The van der Waals surface area contributed by atoms with Crippen LogP contribution in [0.25, 0.3) is 55.0 Å². The van der Waals surface area contributed by atoms with E-state index in [2.05, 4.69) is 214 Å². The van der Waals surface area contributed by atoms with E-state index >= 15 is 0 Å². The number of benzene rings is 8. The van der Waals surface area contributed by atoms with Crippen LogP contribution in [0.5, 0.6) is 0 Å². The molecule has 10 aromatic rings. The number of anilines is 4. The van der Waals surface area contributed by atoms with E-state index in [4.69, 9.17) is 0 Å². The Bertz CT molecular complexity index is 2680. The van der Waals surface area contributed by atoms with Gasteiger partial charge in [-0.3, -0.25) is 0 Å². The van der Waals surface area contributed by atoms with Gasteiger partial charge >= 0.3 is 0 Å². The summed E-state index contributed by atoms with van der Waals surface area (Å²) in [5.74, 6) is 0. The zero-order chi connectivity index (χ0) is 35.1. The monoisotopic (exact) mass is 680 g/mol. The van der Waals surface area contributed by atoms with Gasteiger partial charge in [-0.1, -0.05) is 97.1 Å². The van der Waals surface area contributed by atoms with E-state index in [0.29, 0.717) is 0 Å². The van der Waals surface area contributed by atoms with Gasteiger partial charge in [0.2, 0.25) is 0 Å². The number of hydrogen-bond acceptors (Lipinski definition) is 2. The fourth-order valence-corrected chi connectivity index (χ4v) is 7.79. The van der Waals surface area contributed by atoms with E-state index in [0.717, 1.165) is 29.2 Å². The van der Waals surface area contributed by atoms with E-state index < -0.39 is 0 Å². The van der Waals surface area contributed by atoms with Crippen molar-refractivity contribution in [3.8, 4) is 11.4 Å². The Labute approximate surface area is 308 Å². The third-order valence-corrected chi connectivity index (χ3v) is 10.3. The Balaban J connectivity index is 0.843. The minimum atomic E-state index is 0.871. The Kier molecular flexibility index (Phi) is 7.51. The van der Waals surface area contributed by atoms with Crippen molar-refractivity contribution in [2.24, 2.45) is 0 Å². The molecule has 252 valence electrons. The molecule has 0 aliphatic rings. The van der Waals surface area contributed by atoms with Crippen LogP contribution in [-0.4, -0.2) is 9.13 Å². The lowest BCUT2D eigenvalue weighted by atomic mass is 10.0. The average molecular weight is 681 g/mol. The van der Waals surface area contributed by atoms with Crippen molar-refractivity contribution in [3.63, 3.8) is 0 Å². The zero-order valence-electron chi connectivity index (χ0n) is 29.1. The van der Waals surface area contributed by atoms with Crippen LogP contribution in [0.4, 0.5) is 22.7 Å². The summed E-state index contributed by atoms with van der Waals surface area (Å²) in [7, 11) is 0. The predicted octanol–water partition coefficient (Wildman–Crippen LogP) is 13.0. The van der Waals surface area contributed by atoms with Crippen LogP contribution in [0.3, 0.4) is 0 Å². The minimum Gasteiger partial charge on any atom is -0.356 e. The second-order valence-corrected chi connectivity index (χ2v) is 13.7. The van der Waals surface area contributed by atoms with Crippen LogP contribution in [0, 0.1) is 0 Å². The van der Waals surface area contributed by atoms with Crippen molar-refractivity contribution in [1.82, 2.24) is 9.13 Å². The molecule has 4 heteroatoms. The molecule has 0 fully saturated rings. The lowest BCUT2D eigenvalue weighted by Gasteiger charge is -2.11. The van der Waals surface area contributed by atoms with Gasteiger partial charge in [-0.2, -0.15) is 0 Å². The van der Waals surface area contributed by atoms with Crippen LogP contribution in [0.2, 0.25) is 0 Å². The smallest absolute Gasteiger partial charge is 0.0542 e. The van der Waals surface area contributed by atoms with Crippen LogP contribution in [0.15, 0.2) is 194 Å². The topological polar surface area (TPSA) is 33.9 Å². The highest BCUT2D eigenvalue weighted by Crippen LogP contribution is 2.36. The highest BCUT2D eigenvalue weighted by atomic mass is 15.0. The minimum absolute atomic E-state index is 0.871. The molecule has 0 spiro atoms. The molecule has 53 heavy (non-hydrogen) atoms. The molecule has 0 saturated carbocycles. The number of para-hydroxylation sites is 4. The summed E-state index contributed by atoms with van der Waals surface area (Å²) in [6, 6.07) is 69.3. The number of hydrogen-bond donors (Lipinski definition) is 2. The van der Waals surface area contributed by atoms with Crippen LogP contribution in [0.1, 0.15) is 11.1 Å². The molecular weight excluding hydrogens is 645 g/mol. The van der Waals surface area contributed by atoms with Crippen LogP contribution >= 0.6 is 0 Å². The fourth-order valence-electron chi connectivity index (χ4n) is 7.79. The maximum Gasteiger partial charge on any atom is 0.0542 e. The Hall–Kier alpha value is -7.04. The lowest BCUT2D eigenvalue weighted by molar-refractivity contribution is 1.18. The molecule has 0 radical (unpaired) electrons. The molecule has 2 aromatic heterocycles. The van der Waals surface area contributed by atoms with Gasteiger partial charge in [0.15, 0.2) is 0 Å². The molecule has 0 amide bonds. The van der Waals surface area contributed by atoms with E-state index in [-0.39, 0.29) is 0 Å². The molecule has 8 aromatic carbocycles. The zero-order valence-corrected chi connectivity index (χ0v) is 29.1. The van der Waals surface area contributed by atoms with Gasteiger partial charge in [0, 0.05) is 55.7 Å². The first-order chi connectivity index (χ1) is 26.2. The second kappa shape index (κ2) is 12.9. The summed E-state index contributed by atoms with van der Waals surface area (Å²) in [6.45, 7) is 0. The van der Waals surface area contributed by atoms with Gasteiger partial charge in [0.05, 0.1) is 22.1 Å². The molecule has 0 saturated heterocycles. The SMILES string of the molecule is c1ccc(-n2c3ccccc3c3cc(Nc4ccc(Cc5ccc(Nc6ccc7c(c6)c6ccccc6n7-c6ccccc6)cc5)cc4)ccc32)cc1. The van der Waals surface area contributed by atoms with Gasteiger partial charge in [0.1, 0.15) is 0 Å². The van der Waals surface area contributed by atoms with E-state index in [1.807, 2.05) is 0 Å². The number of rotatable bonds is 8. The number of aromatic nitrogens is 2. The van der Waals surface area contributed by atoms with Gasteiger partial charge in [-0.15, -0.1) is 0 Å². The average Bonchev–Trinajstić information content (AvgIpc) is 3.72. The molecule has 4 nitrogen and oxygen atoms in total. The Morgan fingerprint density at radius 3 is 1.09 bits per heavy atom. The van der Waals surface area contributed by atoms with E-state index in [1.165, 1.54) is 66.1 Å². The first-order valence-corrected chi connectivity index (χ1v) is 18.1. The molecule has 0 atom stereocenters. The molecule has 0 aliphatic carbocycles. The summed E-state index contributed by atoms with van der Waals surface area (Å²) in [6.07, 6.45) is 0.871. The normalized spacial score (nSPS) is 11.5. The summed E-state index contributed by atoms with van der Waals surface area (Å²) >= 11 is 0. The summed E-state index contributed by atoms with van der Waals surface area (Å²) in [4.78, 5) is 0. The standard InChI is InChI=1S/C49H36N4/c1-3-11-40(12-4-1)52-46-17-9-7-15-42(46)44-32-38(27-29-48(44)52)50-36-23-19-34(20-24-36)31-35-21-25-37(26-22-35)51-39-28-30-49-45(33-39)43-16-8-10-18-47(43)53(49)41-13-5-2-6-14-41/h1-30,32-33,50-51H,31H2. The highest BCUT2D eigenvalue weighted by Gasteiger charge is 2.14. The highest BCUT2D eigenvalue weighted by molar-refractivity contribution is 6.11. The summed E-state index contributed by atoms with van der Waals surface area (Å²) in [5, 5.41) is 12.3. The van der Waals surface area contributed by atoms with Crippen molar-refractivity contribution in [1.29, 1.82) is 0 Å². The maximum atomic E-state index is 3.64. The van der Waals surface area contributed by atoms with Crippen molar-refractivity contribution in [2.45, 2.75) is 6.42 Å². The first kappa shape index (κ1) is 30.8. The molecule has 2 N–H and O–H groups in total. The summed E-state index contributed by atoms with van der Waals surface area (Å²) in [5.41, 5.74) is 14.0. The van der Waals surface area contributed by atoms with Gasteiger partial charge in [0.25, 0.3) is 0 Å². The fraction of sp³-hybridized carbons (Fsp3) is 0.0204. The van der Waals surface area contributed by atoms with Crippen LogP contribution in [-0.2, 0) is 6.42 Å². The molecule has 0 bridgehead atoms. The molecular formula is C49H36N4. The van der Waals surface area contributed by atoms with E-state index in [1.54, 1.807) is 0 Å². The molecule has 2 heterocycles. The third kappa shape index (κ3) is 5.67. The van der Waals surface area contributed by atoms with Gasteiger partial charge < -0.3 is 19.8 Å². The van der Waals surface area contributed by atoms with Crippen LogP contribution < -0.4 is 10.6 Å². The Morgan fingerprint density at radius 1 is 0.302 bits per heavy atom. The third-order valence-electron chi connectivity index (χ3n) is 10.3. The van der Waals surface area contributed by atoms with Crippen molar-refractivity contribution in [2.75, 3.05) is 10.6 Å². The second-order valence-electron chi connectivity index (χ2n) is 13.7.